The minimum Gasteiger partial charge on any atom is -0.660 e. The molecule has 1 saturated heterocycles. The standard InChI is InChI=1S/C16H20FN4.C3H5S.Co/c1-13(14-2-4-15(17)5-3-14)21-12-19-10-16(21)11-20-8-6-18-7-9-20;1-2-3-4;/h2-5,10,12-13H,6-9,11H2,1H3;2,4H,1H3;/q2*-1;+2/t13-;;/m1../s1. The molecule has 0 saturated carbocycles. The fraction of sp³-hybridized carbons (Fsp3) is 0.421. The van der Waals surface area contributed by atoms with Gasteiger partial charge in [0.15, 0.2) is 0 Å². The van der Waals surface area contributed by atoms with Gasteiger partial charge in [-0.05, 0) is 37.7 Å². The quantitative estimate of drug-likeness (QED) is 0.599. The summed E-state index contributed by atoms with van der Waals surface area (Å²) in [5, 5.41) is 6.87. The smallest absolute Gasteiger partial charge is 0.660 e. The van der Waals surface area contributed by atoms with Gasteiger partial charge in [0, 0.05) is 12.7 Å². The Labute approximate surface area is 171 Å². The van der Waals surface area contributed by atoms with Gasteiger partial charge in [-0.25, -0.2) is 9.37 Å². The Morgan fingerprint density at radius 3 is 2.50 bits per heavy atom. The van der Waals surface area contributed by atoms with Crippen LogP contribution in [0.5, 0.6) is 0 Å². The van der Waals surface area contributed by atoms with Crippen molar-refractivity contribution in [2.24, 2.45) is 0 Å². The van der Waals surface area contributed by atoms with Crippen molar-refractivity contribution >= 4 is 12.6 Å². The van der Waals surface area contributed by atoms with Crippen molar-refractivity contribution in [2.75, 3.05) is 26.2 Å². The molecule has 0 bridgehead atoms. The molecule has 1 atom stereocenters. The minimum absolute atomic E-state index is 0. The summed E-state index contributed by atoms with van der Waals surface area (Å²) in [4.78, 5) is 6.69. The van der Waals surface area contributed by atoms with E-state index in [-0.39, 0.29) is 28.6 Å². The van der Waals surface area contributed by atoms with Crippen LogP contribution in [0.1, 0.15) is 31.1 Å². The number of hydrogen-bond donors (Lipinski definition) is 1. The molecule has 0 unspecified atom stereocenters. The number of imidazole rings is 1. The van der Waals surface area contributed by atoms with Crippen LogP contribution in [-0.2, 0) is 23.3 Å². The number of halogens is 1. The summed E-state index contributed by atoms with van der Waals surface area (Å²) >= 11 is 3.61. The SMILES string of the molecule is CC=[C-]S.C[C@H](c1ccc(F)cc1)n1cncc1CN1CC[N-]CC1.[Co+2]. The topological polar surface area (TPSA) is 35.2 Å². The Balaban J connectivity index is 0.000000616. The van der Waals surface area contributed by atoms with Crippen molar-refractivity contribution in [3.63, 3.8) is 0 Å². The predicted molar refractivity (Wildman–Crippen MR) is 103 cm³/mol. The van der Waals surface area contributed by atoms with Gasteiger partial charge in [-0.2, -0.15) is 0 Å². The Morgan fingerprint density at radius 2 is 1.92 bits per heavy atom. The van der Waals surface area contributed by atoms with Gasteiger partial charge >= 0.3 is 16.8 Å². The molecule has 143 valence electrons. The Morgan fingerprint density at radius 1 is 1.31 bits per heavy atom. The van der Waals surface area contributed by atoms with Gasteiger partial charge in [-0.1, -0.05) is 19.1 Å². The monoisotopic (exact) mass is 419 g/mol. The molecular weight excluding hydrogens is 394 g/mol. The molecule has 1 aliphatic rings. The fourth-order valence-corrected chi connectivity index (χ4v) is 2.74. The summed E-state index contributed by atoms with van der Waals surface area (Å²) in [5.41, 5.74) is 2.28. The van der Waals surface area contributed by atoms with E-state index in [1.54, 1.807) is 6.08 Å². The van der Waals surface area contributed by atoms with Crippen molar-refractivity contribution in [3.8, 4) is 0 Å². The molecule has 0 aliphatic carbocycles. The molecule has 1 aromatic heterocycles. The van der Waals surface area contributed by atoms with Gasteiger partial charge < -0.3 is 32.8 Å². The van der Waals surface area contributed by atoms with Gasteiger partial charge in [-0.3, -0.25) is 6.08 Å². The zero-order valence-electron chi connectivity index (χ0n) is 15.1. The van der Waals surface area contributed by atoms with Crippen LogP contribution in [0.15, 0.2) is 42.9 Å². The van der Waals surface area contributed by atoms with Crippen LogP contribution in [0.4, 0.5) is 4.39 Å². The van der Waals surface area contributed by atoms with E-state index in [1.165, 1.54) is 17.8 Å². The van der Waals surface area contributed by atoms with E-state index in [0.717, 1.165) is 38.3 Å². The van der Waals surface area contributed by atoms with Gasteiger partial charge in [0.2, 0.25) is 0 Å². The van der Waals surface area contributed by atoms with E-state index in [4.69, 9.17) is 0 Å². The van der Waals surface area contributed by atoms with E-state index < -0.39 is 0 Å². The fourth-order valence-electron chi connectivity index (χ4n) is 2.74. The maximum absolute atomic E-state index is 13.0. The third-order valence-electron chi connectivity index (χ3n) is 4.18. The van der Waals surface area contributed by atoms with E-state index in [2.05, 4.69) is 44.7 Å². The second-order valence-electron chi connectivity index (χ2n) is 5.88. The molecule has 0 N–H and O–H groups in total. The number of aromatic nitrogens is 2. The van der Waals surface area contributed by atoms with Crippen LogP contribution in [0.2, 0.25) is 0 Å². The first-order valence-corrected chi connectivity index (χ1v) is 8.89. The Kier molecular flexibility index (Phi) is 10.8. The maximum atomic E-state index is 13.0. The van der Waals surface area contributed by atoms with Crippen LogP contribution in [-0.4, -0.2) is 40.6 Å². The molecule has 0 spiro atoms. The summed E-state index contributed by atoms with van der Waals surface area (Å²) in [5.74, 6) is -0.200. The molecule has 2 heterocycles. The molecule has 1 radical (unpaired) electrons. The predicted octanol–water partition coefficient (Wildman–Crippen LogP) is 4.07. The summed E-state index contributed by atoms with van der Waals surface area (Å²) in [6, 6.07) is 6.84. The summed E-state index contributed by atoms with van der Waals surface area (Å²) in [6.07, 6.45) is 5.52. The van der Waals surface area contributed by atoms with Gasteiger partial charge in [0.1, 0.15) is 5.82 Å². The molecule has 1 aliphatic heterocycles. The van der Waals surface area contributed by atoms with Gasteiger partial charge in [-0.15, -0.1) is 13.1 Å². The molecule has 1 fully saturated rings. The Bertz CT molecular complexity index is 650. The molecule has 7 heteroatoms. The third-order valence-corrected chi connectivity index (χ3v) is 4.44. The molecule has 4 nitrogen and oxygen atoms in total. The number of allylic oxidation sites excluding steroid dienone is 1. The average molecular weight is 419 g/mol. The zero-order chi connectivity index (χ0) is 18.1. The first-order valence-electron chi connectivity index (χ1n) is 8.45. The number of benzene rings is 1. The van der Waals surface area contributed by atoms with E-state index >= 15 is 0 Å². The number of thiol groups is 1. The average Bonchev–Trinajstić information content (AvgIpc) is 3.11. The maximum Gasteiger partial charge on any atom is 2.00 e. The first-order chi connectivity index (χ1) is 12.2. The van der Waals surface area contributed by atoms with Crippen LogP contribution >= 0.6 is 12.6 Å². The van der Waals surface area contributed by atoms with Gasteiger partial charge in [0.05, 0.1) is 18.1 Å². The normalized spacial score (nSPS) is 15.8. The Hall–Kier alpha value is -1.12. The molecule has 1 aromatic carbocycles. The van der Waals surface area contributed by atoms with E-state index in [1.807, 2.05) is 31.6 Å². The molecular formula is C19H25CoFN4S. The van der Waals surface area contributed by atoms with Crippen molar-refractivity contribution < 1.29 is 21.2 Å². The zero-order valence-corrected chi connectivity index (χ0v) is 17.0. The van der Waals surface area contributed by atoms with E-state index in [0.29, 0.717) is 0 Å². The third kappa shape index (κ3) is 6.89. The minimum atomic E-state index is -0.200. The van der Waals surface area contributed by atoms with Crippen molar-refractivity contribution in [1.29, 1.82) is 0 Å². The van der Waals surface area contributed by atoms with Crippen LogP contribution in [0.3, 0.4) is 0 Å². The van der Waals surface area contributed by atoms with Crippen LogP contribution in [0, 0.1) is 11.2 Å². The molecule has 26 heavy (non-hydrogen) atoms. The van der Waals surface area contributed by atoms with Crippen molar-refractivity contribution in [1.82, 2.24) is 14.5 Å². The van der Waals surface area contributed by atoms with Crippen molar-refractivity contribution in [2.45, 2.75) is 26.4 Å². The second kappa shape index (κ2) is 12.3. The molecule has 2 aromatic rings. The molecule has 0 amide bonds. The summed E-state index contributed by atoms with van der Waals surface area (Å²) in [6.45, 7) is 8.73. The number of hydrogen-bond acceptors (Lipinski definition) is 3. The van der Waals surface area contributed by atoms with Crippen LogP contribution in [0.25, 0.3) is 5.32 Å². The summed E-state index contributed by atoms with van der Waals surface area (Å²) in [7, 11) is 0. The number of piperazine rings is 1. The van der Waals surface area contributed by atoms with Gasteiger partial charge in [0.25, 0.3) is 0 Å². The largest absolute Gasteiger partial charge is 2.00 e. The number of rotatable bonds is 4. The van der Waals surface area contributed by atoms with Crippen LogP contribution < -0.4 is 0 Å². The number of nitrogens with zero attached hydrogens (tertiary/aromatic N) is 4. The first kappa shape index (κ1) is 22.9. The second-order valence-corrected chi connectivity index (χ2v) is 6.14. The van der Waals surface area contributed by atoms with Crippen molar-refractivity contribution in [3.05, 3.63) is 70.7 Å². The van der Waals surface area contributed by atoms with E-state index in [9.17, 15) is 4.39 Å². The molecule has 3 rings (SSSR count). The summed E-state index contributed by atoms with van der Waals surface area (Å²) < 4.78 is 15.2.